The molecule has 0 radical (unpaired) electrons. The maximum absolute atomic E-state index is 8.33. The Bertz CT molecular complexity index is 222. The van der Waals surface area contributed by atoms with E-state index in [4.69, 9.17) is 75.0 Å². The molecule has 4 N–H and O–H groups in total. The van der Waals surface area contributed by atoms with E-state index in [2.05, 4.69) is 0 Å². The molecule has 0 aromatic rings. The van der Waals surface area contributed by atoms with Gasteiger partial charge >= 0.3 is 141 Å². The zero-order valence-electron chi connectivity index (χ0n) is 12.2. The molecule has 0 aromatic carbocycles. The molecule has 0 rings (SSSR count). The molecule has 0 saturated heterocycles. The second-order valence-electron chi connectivity index (χ2n) is 1.25. The van der Waals surface area contributed by atoms with Crippen LogP contribution >= 0.6 is 0 Å². The van der Waals surface area contributed by atoms with Crippen molar-refractivity contribution >= 4 is 106 Å². The quantitative estimate of drug-likeness (QED) is 0.235. The van der Waals surface area contributed by atoms with Gasteiger partial charge in [0.1, 0.15) is 0 Å². The molecular weight excluding hydrogens is 590 g/mol. The largest absolute Gasteiger partial charge is 3.00 e. The predicted octanol–water partition coefficient (Wildman–Crippen LogP) is -14.7. The van der Waals surface area contributed by atoms with Gasteiger partial charge in [0, 0.05) is 0 Å². The molecule has 0 saturated carbocycles. The Morgan fingerprint density at radius 3 is 0.346 bits per heavy atom. The van der Waals surface area contributed by atoms with Gasteiger partial charge in [0.25, 0.3) is 0 Å². The van der Waals surface area contributed by atoms with Crippen LogP contribution in [0.2, 0.25) is 0 Å². The van der Waals surface area contributed by atoms with E-state index in [0.717, 1.165) is 0 Å². The molecule has 0 bridgehead atoms. The van der Waals surface area contributed by atoms with Crippen LogP contribution < -0.4 is 51.1 Å². The summed E-state index contributed by atoms with van der Waals surface area (Å²) in [5.41, 5.74) is 0. The molecule has 0 amide bonds. The van der Waals surface area contributed by atoms with Gasteiger partial charge in [0.05, 0.1) is 0 Å². The van der Waals surface area contributed by atoms with Crippen LogP contribution in [0.3, 0.4) is 0 Å². The maximum Gasteiger partial charge on any atom is 3.00 e. The van der Waals surface area contributed by atoms with Gasteiger partial charge in [-0.1, -0.05) is 0 Å². The molecule has 0 aliphatic rings. The first-order valence-corrected chi connectivity index (χ1v) is 3.06. The standard InChI is InChI=1S/5CH2O3.2Ca.2H2O.2Y/c5*2-1(3)4;;;;;;/h5*(H2,2,3,4);;;2*1H2;;/q;;;;;2*+2;;;2*+3/p-10. The fourth-order valence-corrected chi connectivity index (χ4v) is 0. The molecule has 0 spiro atoms. The van der Waals surface area contributed by atoms with Crippen molar-refractivity contribution in [1.29, 1.82) is 0 Å². The second kappa shape index (κ2) is 63.5. The van der Waals surface area contributed by atoms with Gasteiger partial charge in [-0.25, -0.2) is 0 Å². The summed E-state index contributed by atoms with van der Waals surface area (Å²) in [7, 11) is 0. The van der Waals surface area contributed by atoms with E-state index in [0.29, 0.717) is 0 Å². The van der Waals surface area contributed by atoms with Crippen LogP contribution in [0.1, 0.15) is 0 Å². The minimum atomic E-state index is -2.33. The van der Waals surface area contributed by atoms with Crippen molar-refractivity contribution in [3.63, 3.8) is 0 Å². The molecule has 0 aliphatic carbocycles. The van der Waals surface area contributed by atoms with Crippen LogP contribution in [0.25, 0.3) is 0 Å². The average Bonchev–Trinajstić information content (AvgIpc) is 1.94. The van der Waals surface area contributed by atoms with Crippen LogP contribution in [0.15, 0.2) is 0 Å². The topological polar surface area (TPSA) is 379 Å². The van der Waals surface area contributed by atoms with E-state index in [1.165, 1.54) is 0 Å². The molecule has 0 aromatic heterocycles. The van der Waals surface area contributed by atoms with Gasteiger partial charge in [-0.2, -0.15) is 0 Å². The van der Waals surface area contributed by atoms with Gasteiger partial charge in [0.2, 0.25) is 0 Å². The number of rotatable bonds is 0. The SMILES string of the molecule is O.O.O=C([O-])[O-].O=C([O-])[O-].O=C([O-])[O-].O=C([O-])[O-].O=C([O-])[O-].[Ca+2].[Ca+2].[Y+3].[Y+3]. The third-order valence-corrected chi connectivity index (χ3v) is 0. The monoisotopic (exact) mass is 594 g/mol. The number of carbonyl (C=O) groups is 5. The number of hydrogen-bond donors (Lipinski definition) is 0. The molecule has 17 nitrogen and oxygen atoms in total. The van der Waals surface area contributed by atoms with Gasteiger partial charge in [-0.15, -0.1) is 0 Å². The summed E-state index contributed by atoms with van der Waals surface area (Å²) in [4.78, 5) is 41.7. The number of carbonyl (C=O) groups excluding carboxylic acids is 5. The average molecular weight is 594 g/mol. The predicted molar refractivity (Wildman–Crippen MR) is 45.7 cm³/mol. The third-order valence-electron chi connectivity index (χ3n) is 0. The van der Waals surface area contributed by atoms with Crippen molar-refractivity contribution in [2.45, 2.75) is 0 Å². The fourth-order valence-electron chi connectivity index (χ4n) is 0. The van der Waals surface area contributed by atoms with Crippen LogP contribution in [-0.4, -0.2) is 117 Å². The first-order chi connectivity index (χ1) is 8.66. The molecule has 26 heavy (non-hydrogen) atoms. The molecular formula is C5H4Ca2O17Y2. The molecule has 0 atom stereocenters. The number of carboxylic acid groups (broad SMARTS) is 10. The summed E-state index contributed by atoms with van der Waals surface area (Å²) >= 11 is 0. The van der Waals surface area contributed by atoms with Crippen molar-refractivity contribution in [1.82, 2.24) is 0 Å². The van der Waals surface area contributed by atoms with E-state index in [-0.39, 0.29) is 152 Å². The summed E-state index contributed by atoms with van der Waals surface area (Å²) in [5, 5.41) is 83.3. The zero-order valence-corrected chi connectivity index (χ0v) is 22.3. The molecule has 0 fully saturated rings. The van der Waals surface area contributed by atoms with Gasteiger partial charge in [-0.3, -0.25) is 0 Å². The Labute approximate surface area is 253 Å². The van der Waals surface area contributed by atoms with E-state index in [1.54, 1.807) is 0 Å². The maximum atomic E-state index is 8.33. The minimum absolute atomic E-state index is 0. The van der Waals surface area contributed by atoms with Crippen molar-refractivity contribution in [2.75, 3.05) is 0 Å². The summed E-state index contributed by atoms with van der Waals surface area (Å²) in [5.74, 6) is 0. The smallest absolute Gasteiger partial charge is 0.652 e. The van der Waals surface area contributed by atoms with Crippen LogP contribution in [-0.2, 0) is 65.4 Å². The fraction of sp³-hybridized carbons (Fsp3) is 0. The van der Waals surface area contributed by atoms with Crippen molar-refractivity contribution in [3.8, 4) is 0 Å². The van der Waals surface area contributed by atoms with Gasteiger partial charge < -0.3 is 86.0 Å². The third kappa shape index (κ3) is 14500. The Hall–Kier alpha value is 0.997. The molecule has 136 valence electrons. The summed E-state index contributed by atoms with van der Waals surface area (Å²) < 4.78 is 0. The van der Waals surface area contributed by atoms with Crippen LogP contribution in [0.4, 0.5) is 24.0 Å². The number of hydrogen-bond acceptors (Lipinski definition) is 15. The Morgan fingerprint density at radius 2 is 0.346 bits per heavy atom. The van der Waals surface area contributed by atoms with Crippen molar-refractivity contribution < 1.29 is 151 Å². The molecule has 0 aliphatic heterocycles. The summed E-state index contributed by atoms with van der Waals surface area (Å²) in [6.07, 6.45) is -11.7. The zero-order chi connectivity index (χ0) is 17.9. The summed E-state index contributed by atoms with van der Waals surface area (Å²) in [6, 6.07) is 0. The van der Waals surface area contributed by atoms with E-state index in [9.17, 15) is 0 Å². The normalized spacial score (nSPS) is 4.62. The van der Waals surface area contributed by atoms with E-state index >= 15 is 0 Å². The van der Waals surface area contributed by atoms with Gasteiger partial charge in [-0.05, 0) is 30.8 Å². The Kier molecular flexibility index (Phi) is 174. The van der Waals surface area contributed by atoms with Crippen LogP contribution in [0, 0.1) is 0 Å². The van der Waals surface area contributed by atoms with Crippen molar-refractivity contribution in [3.05, 3.63) is 0 Å². The van der Waals surface area contributed by atoms with E-state index < -0.39 is 30.8 Å². The first-order valence-electron chi connectivity index (χ1n) is 3.06. The summed E-state index contributed by atoms with van der Waals surface area (Å²) in [6.45, 7) is 0. The van der Waals surface area contributed by atoms with Crippen LogP contribution in [0.5, 0.6) is 0 Å². The minimum Gasteiger partial charge on any atom is -0.652 e. The first kappa shape index (κ1) is 71.3. The Balaban J connectivity index is -0.0000000114. The van der Waals surface area contributed by atoms with Gasteiger partial charge in [0.15, 0.2) is 0 Å². The Morgan fingerprint density at radius 1 is 0.346 bits per heavy atom. The molecule has 21 heteroatoms. The molecule has 0 heterocycles. The van der Waals surface area contributed by atoms with Crippen molar-refractivity contribution in [2.24, 2.45) is 0 Å². The molecule has 0 unspecified atom stereocenters. The second-order valence-corrected chi connectivity index (χ2v) is 1.25. The van der Waals surface area contributed by atoms with E-state index in [1.807, 2.05) is 0 Å².